The van der Waals surface area contributed by atoms with Gasteiger partial charge in [0, 0.05) is 6.42 Å². The smallest absolute Gasteiger partial charge is 0.325 e. The fraction of sp³-hybridized carbons (Fsp3) is 0.688. The SMILES string of the molecule is CSCCC(NC(=O)C(C)N)C(=O)NC(CCC(=O)O)C(=O)NC(C)C(=O)O. The largest absolute Gasteiger partial charge is 0.481 e. The Kier molecular flexibility index (Phi) is 11.9. The number of carboxylic acids is 2. The van der Waals surface area contributed by atoms with Crippen LogP contribution >= 0.6 is 11.8 Å². The van der Waals surface area contributed by atoms with Crippen molar-refractivity contribution in [2.45, 2.75) is 57.3 Å². The Hall–Kier alpha value is -2.34. The monoisotopic (exact) mass is 420 g/mol. The van der Waals surface area contributed by atoms with Crippen LogP contribution in [0, 0.1) is 0 Å². The van der Waals surface area contributed by atoms with Gasteiger partial charge in [0.15, 0.2) is 0 Å². The minimum Gasteiger partial charge on any atom is -0.481 e. The third-order valence-electron chi connectivity index (χ3n) is 3.67. The first-order valence-electron chi connectivity index (χ1n) is 8.59. The third kappa shape index (κ3) is 10.1. The lowest BCUT2D eigenvalue weighted by Crippen LogP contribution is -2.56. The summed E-state index contributed by atoms with van der Waals surface area (Å²) in [6, 6.07) is -4.30. The average Bonchev–Trinajstić information content (AvgIpc) is 2.60. The molecule has 0 spiro atoms. The first kappa shape index (κ1) is 25.7. The highest BCUT2D eigenvalue weighted by Gasteiger charge is 2.29. The van der Waals surface area contributed by atoms with Gasteiger partial charge in [-0.05, 0) is 38.7 Å². The zero-order chi connectivity index (χ0) is 21.9. The normalized spacial score (nSPS) is 14.9. The standard InChI is InChI=1S/C16H28N4O7S/c1-8(17)13(23)19-11(6-7-28-3)15(25)20-10(4-5-12(21)22)14(24)18-9(2)16(26)27/h8-11H,4-7,17H2,1-3H3,(H,18,24)(H,19,23)(H,20,25)(H,21,22)(H,26,27). The lowest BCUT2D eigenvalue weighted by Gasteiger charge is -2.24. The average molecular weight is 420 g/mol. The van der Waals surface area contributed by atoms with E-state index in [4.69, 9.17) is 15.9 Å². The number of carboxylic acid groups (broad SMARTS) is 2. The van der Waals surface area contributed by atoms with E-state index in [9.17, 15) is 24.0 Å². The molecular formula is C16H28N4O7S. The van der Waals surface area contributed by atoms with Gasteiger partial charge in [-0.2, -0.15) is 11.8 Å². The molecule has 0 saturated carbocycles. The van der Waals surface area contributed by atoms with Gasteiger partial charge in [-0.3, -0.25) is 24.0 Å². The molecule has 28 heavy (non-hydrogen) atoms. The lowest BCUT2D eigenvalue weighted by atomic mass is 10.1. The zero-order valence-corrected chi connectivity index (χ0v) is 16.9. The fourth-order valence-corrected chi connectivity index (χ4v) is 2.46. The molecule has 7 N–H and O–H groups in total. The van der Waals surface area contributed by atoms with Crippen LogP contribution in [0.2, 0.25) is 0 Å². The maximum atomic E-state index is 12.6. The minimum absolute atomic E-state index is 0.240. The van der Waals surface area contributed by atoms with Crippen LogP contribution in [0.15, 0.2) is 0 Å². The number of amides is 3. The van der Waals surface area contributed by atoms with Crippen molar-refractivity contribution >= 4 is 41.4 Å². The van der Waals surface area contributed by atoms with E-state index in [1.165, 1.54) is 25.6 Å². The molecule has 0 radical (unpaired) electrons. The summed E-state index contributed by atoms with van der Waals surface area (Å²) in [6.07, 6.45) is 1.43. The molecule has 0 saturated heterocycles. The molecule has 0 aliphatic rings. The van der Waals surface area contributed by atoms with Crippen LogP contribution < -0.4 is 21.7 Å². The fourth-order valence-electron chi connectivity index (χ4n) is 1.99. The molecule has 0 aliphatic heterocycles. The molecule has 0 fully saturated rings. The van der Waals surface area contributed by atoms with Crippen molar-refractivity contribution in [2.24, 2.45) is 5.73 Å². The Morgan fingerprint density at radius 3 is 1.86 bits per heavy atom. The summed E-state index contributed by atoms with van der Waals surface area (Å²) in [6.45, 7) is 2.69. The highest BCUT2D eigenvalue weighted by atomic mass is 32.2. The van der Waals surface area contributed by atoms with Gasteiger partial charge in [0.1, 0.15) is 18.1 Å². The van der Waals surface area contributed by atoms with E-state index in [1.807, 2.05) is 6.26 Å². The van der Waals surface area contributed by atoms with E-state index in [0.717, 1.165) is 0 Å². The molecule has 0 aromatic carbocycles. The molecule has 4 atom stereocenters. The van der Waals surface area contributed by atoms with Crippen molar-refractivity contribution in [3.63, 3.8) is 0 Å². The first-order chi connectivity index (χ1) is 13.0. The lowest BCUT2D eigenvalue weighted by molar-refractivity contribution is -0.142. The van der Waals surface area contributed by atoms with Gasteiger partial charge < -0.3 is 31.9 Å². The Morgan fingerprint density at radius 1 is 0.893 bits per heavy atom. The second kappa shape index (κ2) is 12.9. The van der Waals surface area contributed by atoms with Crippen molar-refractivity contribution < 1.29 is 34.2 Å². The quantitative estimate of drug-likeness (QED) is 0.206. The summed E-state index contributed by atoms with van der Waals surface area (Å²) in [5, 5.41) is 24.8. The van der Waals surface area contributed by atoms with Gasteiger partial charge in [-0.1, -0.05) is 0 Å². The van der Waals surface area contributed by atoms with E-state index in [-0.39, 0.29) is 12.8 Å². The molecule has 0 rings (SSSR count). The van der Waals surface area contributed by atoms with Gasteiger partial charge in [-0.15, -0.1) is 0 Å². The minimum atomic E-state index is -1.28. The Morgan fingerprint density at radius 2 is 1.39 bits per heavy atom. The number of hydrogen-bond acceptors (Lipinski definition) is 7. The summed E-state index contributed by atoms with van der Waals surface area (Å²) in [4.78, 5) is 58.4. The topological polar surface area (TPSA) is 188 Å². The summed E-state index contributed by atoms with van der Waals surface area (Å²) in [5.41, 5.74) is 5.49. The van der Waals surface area contributed by atoms with Crippen molar-refractivity contribution in [2.75, 3.05) is 12.0 Å². The molecule has 11 nitrogen and oxygen atoms in total. The van der Waals surface area contributed by atoms with Crippen LogP contribution in [-0.2, 0) is 24.0 Å². The number of nitrogens with one attached hydrogen (secondary N) is 3. The Bertz CT molecular complexity index is 585. The highest BCUT2D eigenvalue weighted by molar-refractivity contribution is 7.98. The van der Waals surface area contributed by atoms with Crippen LogP contribution in [0.4, 0.5) is 0 Å². The molecule has 0 aromatic rings. The second-order valence-electron chi connectivity index (χ2n) is 6.19. The maximum Gasteiger partial charge on any atom is 0.325 e. The molecule has 0 heterocycles. The van der Waals surface area contributed by atoms with Crippen molar-refractivity contribution in [3.05, 3.63) is 0 Å². The van der Waals surface area contributed by atoms with E-state index in [2.05, 4.69) is 16.0 Å². The number of aliphatic carboxylic acids is 2. The molecule has 0 aromatic heterocycles. The molecule has 12 heteroatoms. The van der Waals surface area contributed by atoms with Crippen LogP contribution in [0.5, 0.6) is 0 Å². The molecule has 3 amide bonds. The van der Waals surface area contributed by atoms with Gasteiger partial charge >= 0.3 is 11.9 Å². The third-order valence-corrected chi connectivity index (χ3v) is 4.31. The van der Waals surface area contributed by atoms with Gasteiger partial charge in [0.25, 0.3) is 0 Å². The van der Waals surface area contributed by atoms with E-state index >= 15 is 0 Å². The molecule has 0 bridgehead atoms. The predicted octanol–water partition coefficient (Wildman–Crippen LogP) is -1.49. The number of carbonyl (C=O) groups is 5. The number of hydrogen-bond donors (Lipinski definition) is 6. The van der Waals surface area contributed by atoms with Crippen LogP contribution in [0.1, 0.15) is 33.1 Å². The van der Waals surface area contributed by atoms with Gasteiger partial charge in [0.2, 0.25) is 17.7 Å². The Labute approximate surface area is 167 Å². The van der Waals surface area contributed by atoms with Gasteiger partial charge in [-0.25, -0.2) is 0 Å². The van der Waals surface area contributed by atoms with Crippen LogP contribution in [-0.4, -0.2) is 76.0 Å². The summed E-state index contributed by atoms with van der Waals surface area (Å²) < 4.78 is 0. The molecule has 0 aliphatic carbocycles. The van der Waals surface area contributed by atoms with Crippen LogP contribution in [0.25, 0.3) is 0 Å². The van der Waals surface area contributed by atoms with Crippen LogP contribution in [0.3, 0.4) is 0 Å². The van der Waals surface area contributed by atoms with Crippen molar-refractivity contribution in [1.82, 2.24) is 16.0 Å². The number of thioether (sulfide) groups is 1. The number of nitrogens with two attached hydrogens (primary N) is 1. The molecule has 4 unspecified atom stereocenters. The Balaban J connectivity index is 5.25. The summed E-state index contributed by atoms with van der Waals surface area (Å²) >= 11 is 1.45. The summed E-state index contributed by atoms with van der Waals surface area (Å²) in [5.74, 6) is -3.98. The van der Waals surface area contributed by atoms with E-state index < -0.39 is 60.2 Å². The number of carbonyl (C=O) groups excluding carboxylic acids is 3. The van der Waals surface area contributed by atoms with Crippen molar-refractivity contribution in [1.29, 1.82) is 0 Å². The number of rotatable bonds is 13. The highest BCUT2D eigenvalue weighted by Crippen LogP contribution is 2.05. The summed E-state index contributed by atoms with van der Waals surface area (Å²) in [7, 11) is 0. The van der Waals surface area contributed by atoms with Gasteiger partial charge in [0.05, 0.1) is 6.04 Å². The van der Waals surface area contributed by atoms with E-state index in [1.54, 1.807) is 0 Å². The predicted molar refractivity (Wildman–Crippen MR) is 103 cm³/mol. The van der Waals surface area contributed by atoms with Crippen molar-refractivity contribution in [3.8, 4) is 0 Å². The molecule has 160 valence electrons. The second-order valence-corrected chi connectivity index (χ2v) is 7.18. The maximum absolute atomic E-state index is 12.6. The molecular weight excluding hydrogens is 392 g/mol. The zero-order valence-electron chi connectivity index (χ0n) is 16.1. The van der Waals surface area contributed by atoms with E-state index in [0.29, 0.717) is 5.75 Å². The first-order valence-corrected chi connectivity index (χ1v) is 9.99.